The van der Waals surface area contributed by atoms with Crippen molar-refractivity contribution in [2.75, 3.05) is 20.8 Å². The maximum atomic E-state index is 5.06. The number of methoxy groups -OCH3 is 2. The number of hydrogen-bond donors (Lipinski definition) is 0. The van der Waals surface area contributed by atoms with Gasteiger partial charge >= 0.3 is 0 Å². The molecule has 0 N–H and O–H groups in total. The van der Waals surface area contributed by atoms with Gasteiger partial charge in [0.05, 0.1) is 7.11 Å². The summed E-state index contributed by atoms with van der Waals surface area (Å²) in [6, 6.07) is 7.99. The first kappa shape index (κ1) is 10.1. The van der Waals surface area contributed by atoms with E-state index in [0.717, 1.165) is 18.8 Å². The third kappa shape index (κ3) is 3.47. The van der Waals surface area contributed by atoms with Crippen molar-refractivity contribution in [2.24, 2.45) is 0 Å². The third-order valence-corrected chi connectivity index (χ3v) is 1.82. The molecule has 13 heavy (non-hydrogen) atoms. The van der Waals surface area contributed by atoms with Gasteiger partial charge in [0.2, 0.25) is 0 Å². The molecule has 0 bridgehead atoms. The van der Waals surface area contributed by atoms with E-state index in [4.69, 9.17) is 9.47 Å². The molecule has 0 aliphatic heterocycles. The number of benzene rings is 1. The fraction of sp³-hybridized carbons (Fsp3) is 0.364. The summed E-state index contributed by atoms with van der Waals surface area (Å²) in [5.74, 6) is 0.892. The molecule has 71 valence electrons. The average Bonchev–Trinajstić information content (AvgIpc) is 2.19. The first-order valence-corrected chi connectivity index (χ1v) is 4.33. The molecule has 1 aromatic rings. The van der Waals surface area contributed by atoms with Crippen LogP contribution in [-0.2, 0) is 4.74 Å². The van der Waals surface area contributed by atoms with Crippen molar-refractivity contribution in [1.82, 2.24) is 0 Å². The molecule has 0 aliphatic rings. The van der Waals surface area contributed by atoms with Crippen LogP contribution in [0.2, 0.25) is 0 Å². The number of hydrogen-bond acceptors (Lipinski definition) is 2. The molecule has 0 atom stereocenters. The topological polar surface area (TPSA) is 18.5 Å². The van der Waals surface area contributed by atoms with Gasteiger partial charge in [-0.2, -0.15) is 0 Å². The Morgan fingerprint density at radius 3 is 2.38 bits per heavy atom. The fourth-order valence-corrected chi connectivity index (χ4v) is 1.08. The second-order valence-corrected chi connectivity index (χ2v) is 2.76. The van der Waals surface area contributed by atoms with Gasteiger partial charge in [0.1, 0.15) is 5.75 Å². The van der Waals surface area contributed by atoms with Crippen LogP contribution in [0.5, 0.6) is 5.75 Å². The van der Waals surface area contributed by atoms with Gasteiger partial charge in [-0.25, -0.2) is 0 Å². The molecule has 0 aliphatic carbocycles. The molecule has 0 saturated heterocycles. The fourth-order valence-electron chi connectivity index (χ4n) is 1.08. The lowest BCUT2D eigenvalue weighted by Gasteiger charge is -2.02. The highest BCUT2D eigenvalue weighted by molar-refractivity contribution is 5.30. The largest absolute Gasteiger partial charge is 0.497 e. The van der Waals surface area contributed by atoms with Gasteiger partial charge in [0.25, 0.3) is 0 Å². The van der Waals surface area contributed by atoms with E-state index in [9.17, 15) is 0 Å². The molecule has 2 heteroatoms. The molecule has 0 saturated carbocycles. The van der Waals surface area contributed by atoms with E-state index in [1.54, 1.807) is 14.2 Å². The van der Waals surface area contributed by atoms with Gasteiger partial charge in [-0.1, -0.05) is 12.1 Å². The molecule has 1 rings (SSSR count). The minimum absolute atomic E-state index is 0.770. The molecule has 2 nitrogen and oxygen atoms in total. The standard InChI is InChI=1S/C11H15O2/c1-12-9-3-4-10-5-7-11(13-2)8-6-10/h4-8H,3,9H2,1-2H3. The minimum atomic E-state index is 0.770. The van der Waals surface area contributed by atoms with Crippen molar-refractivity contribution < 1.29 is 9.47 Å². The van der Waals surface area contributed by atoms with Gasteiger partial charge in [0.15, 0.2) is 0 Å². The Morgan fingerprint density at radius 2 is 1.85 bits per heavy atom. The molecule has 0 heterocycles. The van der Waals surface area contributed by atoms with E-state index in [2.05, 4.69) is 6.42 Å². The van der Waals surface area contributed by atoms with Crippen LogP contribution in [0, 0.1) is 6.42 Å². The summed E-state index contributed by atoms with van der Waals surface area (Å²) in [4.78, 5) is 0. The van der Waals surface area contributed by atoms with Crippen LogP contribution < -0.4 is 4.74 Å². The second-order valence-electron chi connectivity index (χ2n) is 2.76. The molecular weight excluding hydrogens is 164 g/mol. The van der Waals surface area contributed by atoms with Crippen molar-refractivity contribution >= 4 is 0 Å². The van der Waals surface area contributed by atoms with Crippen LogP contribution in [0.15, 0.2) is 24.3 Å². The first-order chi connectivity index (χ1) is 6.36. The SMILES string of the molecule is COCC[CH]c1ccc(OC)cc1. The summed E-state index contributed by atoms with van der Waals surface area (Å²) in [5.41, 5.74) is 1.21. The first-order valence-electron chi connectivity index (χ1n) is 4.33. The maximum Gasteiger partial charge on any atom is 0.118 e. The highest BCUT2D eigenvalue weighted by Gasteiger charge is 1.94. The molecule has 0 unspecified atom stereocenters. The Bertz CT molecular complexity index is 228. The number of ether oxygens (including phenoxy) is 2. The Morgan fingerprint density at radius 1 is 1.15 bits per heavy atom. The van der Waals surface area contributed by atoms with Crippen LogP contribution in [0.1, 0.15) is 12.0 Å². The van der Waals surface area contributed by atoms with Crippen molar-refractivity contribution in [2.45, 2.75) is 6.42 Å². The van der Waals surface area contributed by atoms with Crippen molar-refractivity contribution in [3.8, 4) is 5.75 Å². The van der Waals surface area contributed by atoms with E-state index in [1.165, 1.54) is 5.56 Å². The summed E-state index contributed by atoms with van der Waals surface area (Å²) in [6.07, 6.45) is 3.09. The van der Waals surface area contributed by atoms with E-state index < -0.39 is 0 Å². The lowest BCUT2D eigenvalue weighted by atomic mass is 10.1. The quantitative estimate of drug-likeness (QED) is 0.646. The van der Waals surface area contributed by atoms with Crippen LogP contribution >= 0.6 is 0 Å². The highest BCUT2D eigenvalue weighted by Crippen LogP contribution is 2.13. The van der Waals surface area contributed by atoms with Crippen molar-refractivity contribution in [1.29, 1.82) is 0 Å². The molecule has 1 aromatic carbocycles. The summed E-state index contributed by atoms with van der Waals surface area (Å²) in [6.45, 7) is 0.770. The smallest absolute Gasteiger partial charge is 0.118 e. The maximum absolute atomic E-state index is 5.06. The Kier molecular flexibility index (Phi) is 4.33. The van der Waals surface area contributed by atoms with Crippen LogP contribution in [0.25, 0.3) is 0 Å². The average molecular weight is 179 g/mol. The van der Waals surface area contributed by atoms with Crippen LogP contribution in [0.3, 0.4) is 0 Å². The third-order valence-electron chi connectivity index (χ3n) is 1.82. The summed E-state index contributed by atoms with van der Waals surface area (Å²) >= 11 is 0. The molecule has 0 fully saturated rings. The molecule has 1 radical (unpaired) electrons. The predicted octanol–water partition coefficient (Wildman–Crippen LogP) is 2.28. The van der Waals surface area contributed by atoms with Gasteiger partial charge in [0, 0.05) is 13.7 Å². The number of rotatable bonds is 5. The lowest BCUT2D eigenvalue weighted by molar-refractivity contribution is 0.202. The Balaban J connectivity index is 2.40. The molecule has 0 aromatic heterocycles. The highest BCUT2D eigenvalue weighted by atomic mass is 16.5. The van der Waals surface area contributed by atoms with Gasteiger partial charge < -0.3 is 9.47 Å². The lowest BCUT2D eigenvalue weighted by Crippen LogP contribution is -1.90. The van der Waals surface area contributed by atoms with Gasteiger partial charge in [-0.3, -0.25) is 0 Å². The monoisotopic (exact) mass is 179 g/mol. The van der Waals surface area contributed by atoms with E-state index >= 15 is 0 Å². The zero-order valence-corrected chi connectivity index (χ0v) is 8.12. The normalized spacial score (nSPS) is 10.0. The van der Waals surface area contributed by atoms with Gasteiger partial charge in [-0.05, 0) is 30.5 Å². The Hall–Kier alpha value is -1.02. The van der Waals surface area contributed by atoms with Crippen molar-refractivity contribution in [3.05, 3.63) is 36.2 Å². The Labute approximate surface area is 79.5 Å². The van der Waals surface area contributed by atoms with Crippen LogP contribution in [0.4, 0.5) is 0 Å². The van der Waals surface area contributed by atoms with Gasteiger partial charge in [-0.15, -0.1) is 0 Å². The van der Waals surface area contributed by atoms with Crippen LogP contribution in [-0.4, -0.2) is 20.8 Å². The minimum Gasteiger partial charge on any atom is -0.497 e. The molecular formula is C11H15O2. The summed E-state index contributed by atoms with van der Waals surface area (Å²) < 4.78 is 10.0. The van der Waals surface area contributed by atoms with E-state index in [0.29, 0.717) is 0 Å². The van der Waals surface area contributed by atoms with E-state index in [-0.39, 0.29) is 0 Å². The predicted molar refractivity (Wildman–Crippen MR) is 52.9 cm³/mol. The zero-order chi connectivity index (χ0) is 9.52. The molecule has 0 amide bonds. The van der Waals surface area contributed by atoms with Crippen molar-refractivity contribution in [3.63, 3.8) is 0 Å². The van der Waals surface area contributed by atoms with E-state index in [1.807, 2.05) is 24.3 Å². The summed E-state index contributed by atoms with van der Waals surface area (Å²) in [5, 5.41) is 0. The zero-order valence-electron chi connectivity index (χ0n) is 8.12. The summed E-state index contributed by atoms with van der Waals surface area (Å²) in [7, 11) is 3.38. The second kappa shape index (κ2) is 5.60. The molecule has 0 spiro atoms.